The van der Waals surface area contributed by atoms with Gasteiger partial charge in [-0.25, -0.2) is 13.1 Å². The van der Waals surface area contributed by atoms with E-state index in [0.717, 1.165) is 31.5 Å². The first-order chi connectivity index (χ1) is 25.5. The van der Waals surface area contributed by atoms with Crippen LogP contribution in [0, 0.1) is 0 Å². The number of nitrogens with zero attached hydrogens (tertiary/aromatic N) is 2. The Labute approximate surface area is 326 Å². The second kappa shape index (κ2) is 28.5. The number of hydrogen-bond donors (Lipinski definition) is 1. The van der Waals surface area contributed by atoms with E-state index in [9.17, 15) is 13.2 Å². The predicted molar refractivity (Wildman–Crippen MR) is 208 cm³/mol. The minimum absolute atomic E-state index is 0.0875. The average molecular weight is 809 g/mol. The van der Waals surface area contributed by atoms with Gasteiger partial charge in [-0.05, 0) is 62.2 Å². The van der Waals surface area contributed by atoms with Crippen molar-refractivity contribution in [3.05, 3.63) is 69.1 Å². The van der Waals surface area contributed by atoms with Gasteiger partial charge in [0.1, 0.15) is 0 Å². The van der Waals surface area contributed by atoms with Crippen molar-refractivity contribution in [3.63, 3.8) is 0 Å². The second-order valence-corrected chi connectivity index (χ2v) is 15.0. The number of nitrogens with one attached hydrogen (secondary N) is 1. The molecule has 0 unspecified atom stereocenters. The zero-order valence-electron chi connectivity index (χ0n) is 31.5. The molecule has 1 aliphatic rings. The molecule has 1 saturated heterocycles. The summed E-state index contributed by atoms with van der Waals surface area (Å²) in [6.45, 7) is 14.2. The van der Waals surface area contributed by atoms with Gasteiger partial charge in [0, 0.05) is 27.2 Å². The Hall–Kier alpha value is -1.92. The summed E-state index contributed by atoms with van der Waals surface area (Å²) in [5, 5.41) is 0.833. The van der Waals surface area contributed by atoms with E-state index in [0.29, 0.717) is 101 Å². The maximum absolute atomic E-state index is 13.3. The fourth-order valence-corrected chi connectivity index (χ4v) is 6.19. The SMILES string of the molecule is C=C(/C=C\C=C(/C)S(=O)(=O)NCCOCCOCCOCCOCCOCCOCCOC)[C@@H](CN1CCCC1)N(C)C(=O)Cc1ccc(Cl)c(Cl)c1. The number of methoxy groups -OCH3 is 1. The third-order valence-corrected chi connectivity index (χ3v) is 10.5. The molecule has 0 aliphatic carbocycles. The van der Waals surface area contributed by atoms with Gasteiger partial charge in [-0.15, -0.1) is 0 Å². The van der Waals surface area contributed by atoms with E-state index in [1.54, 1.807) is 49.4 Å². The van der Waals surface area contributed by atoms with Gasteiger partial charge in [-0.1, -0.05) is 48.0 Å². The lowest BCUT2D eigenvalue weighted by Crippen LogP contribution is -2.45. The highest BCUT2D eigenvalue weighted by molar-refractivity contribution is 7.93. The van der Waals surface area contributed by atoms with Gasteiger partial charge in [0.05, 0.1) is 113 Å². The lowest BCUT2D eigenvalue weighted by molar-refractivity contribution is -0.130. The van der Waals surface area contributed by atoms with E-state index in [1.165, 1.54) is 13.0 Å². The summed E-state index contributed by atoms with van der Waals surface area (Å²) in [6.07, 6.45) is 7.31. The maximum Gasteiger partial charge on any atom is 0.236 e. The van der Waals surface area contributed by atoms with E-state index in [1.807, 2.05) is 0 Å². The third-order valence-electron chi connectivity index (χ3n) is 8.15. The van der Waals surface area contributed by atoms with Crippen LogP contribution in [0.4, 0.5) is 0 Å². The number of allylic oxidation sites excluding steroid dienone is 3. The van der Waals surface area contributed by atoms with E-state index in [-0.39, 0.29) is 36.4 Å². The van der Waals surface area contributed by atoms with Crippen LogP contribution in [-0.4, -0.2) is 156 Å². The van der Waals surface area contributed by atoms with Gasteiger partial charge < -0.3 is 43.0 Å². The van der Waals surface area contributed by atoms with Crippen molar-refractivity contribution < 1.29 is 46.4 Å². The molecule has 2 rings (SSSR count). The largest absolute Gasteiger partial charge is 0.382 e. The number of carbonyl (C=O) groups is 1. The number of likely N-dealkylation sites (tertiary alicyclic amines) is 1. The zero-order chi connectivity index (χ0) is 38.7. The summed E-state index contributed by atoms with van der Waals surface area (Å²) in [4.78, 5) is 17.4. The van der Waals surface area contributed by atoms with Crippen molar-refractivity contribution in [2.45, 2.75) is 32.2 Å². The molecule has 53 heavy (non-hydrogen) atoms. The first-order valence-electron chi connectivity index (χ1n) is 18.0. The molecule has 1 aromatic carbocycles. The molecule has 0 bridgehead atoms. The van der Waals surface area contributed by atoms with E-state index in [2.05, 4.69) is 16.2 Å². The van der Waals surface area contributed by atoms with Crippen LogP contribution in [0.3, 0.4) is 0 Å². The van der Waals surface area contributed by atoms with Crippen LogP contribution in [-0.2, 0) is 54.4 Å². The molecule has 0 radical (unpaired) electrons. The van der Waals surface area contributed by atoms with Crippen LogP contribution >= 0.6 is 23.2 Å². The van der Waals surface area contributed by atoms with Crippen LogP contribution in [0.5, 0.6) is 0 Å². The number of carbonyl (C=O) groups excluding carboxylic acids is 1. The van der Waals surface area contributed by atoms with Crippen LogP contribution in [0.2, 0.25) is 10.0 Å². The molecular formula is C37H59Cl2N3O10S. The molecule has 1 atom stereocenters. The Morgan fingerprint density at radius 3 is 1.89 bits per heavy atom. The normalized spacial score (nSPS) is 14.7. The fraction of sp³-hybridized carbons (Fsp3) is 0.649. The summed E-state index contributed by atoms with van der Waals surface area (Å²) >= 11 is 12.2. The number of likely N-dealkylation sites (N-methyl/N-ethyl adjacent to an activating group) is 1. The molecule has 1 amide bonds. The monoisotopic (exact) mass is 807 g/mol. The third kappa shape index (κ3) is 21.1. The maximum atomic E-state index is 13.3. The van der Waals surface area contributed by atoms with Crippen LogP contribution in [0.15, 0.2) is 53.5 Å². The fourth-order valence-electron chi connectivity index (χ4n) is 5.03. The molecule has 1 fully saturated rings. The molecule has 0 saturated carbocycles. The molecular weight excluding hydrogens is 749 g/mol. The van der Waals surface area contributed by atoms with Crippen molar-refractivity contribution >= 4 is 39.1 Å². The Morgan fingerprint density at radius 2 is 1.38 bits per heavy atom. The molecule has 16 heteroatoms. The average Bonchev–Trinajstić information content (AvgIpc) is 3.66. The van der Waals surface area contributed by atoms with Crippen molar-refractivity contribution in [2.24, 2.45) is 0 Å². The van der Waals surface area contributed by atoms with Gasteiger partial charge in [-0.2, -0.15) is 0 Å². The minimum atomic E-state index is -3.71. The smallest absolute Gasteiger partial charge is 0.236 e. The van der Waals surface area contributed by atoms with E-state index in [4.69, 9.17) is 56.4 Å². The van der Waals surface area contributed by atoms with Gasteiger partial charge in [0.15, 0.2) is 0 Å². The molecule has 0 spiro atoms. The molecule has 1 aromatic rings. The quantitative estimate of drug-likeness (QED) is 0.0858. The highest BCUT2D eigenvalue weighted by Gasteiger charge is 2.25. The van der Waals surface area contributed by atoms with E-state index < -0.39 is 10.0 Å². The molecule has 1 heterocycles. The van der Waals surface area contributed by atoms with Crippen molar-refractivity contribution in [1.29, 1.82) is 0 Å². The molecule has 13 nitrogen and oxygen atoms in total. The molecule has 0 aromatic heterocycles. The molecule has 1 aliphatic heterocycles. The Kier molecular flexibility index (Phi) is 25.4. The number of hydrogen-bond acceptors (Lipinski definition) is 11. The predicted octanol–water partition coefficient (Wildman–Crippen LogP) is 4.14. The second-order valence-electron chi connectivity index (χ2n) is 12.2. The van der Waals surface area contributed by atoms with Crippen LogP contribution < -0.4 is 4.72 Å². The topological polar surface area (TPSA) is 134 Å². The summed E-state index contributed by atoms with van der Waals surface area (Å²) in [5.74, 6) is -0.0875. The highest BCUT2D eigenvalue weighted by Crippen LogP contribution is 2.24. The Balaban J connectivity index is 1.61. The summed E-state index contributed by atoms with van der Waals surface area (Å²) in [5.41, 5.74) is 1.46. The standard InChI is InChI=1S/C37H59Cl2N3O10S/c1-31(36(30-42-13-5-6-14-42)41(3)37(43)29-33-10-11-34(38)35(39)28-33)8-7-9-32(2)53(44,45)40-12-15-47-18-19-49-22-23-51-26-27-52-25-24-50-21-20-48-17-16-46-4/h7-11,28,36,40H,1,5-6,12-27,29-30H2,2-4H3/b8-7-,32-9+/t36-/m1/s1. The Bertz CT molecular complexity index is 1360. The van der Waals surface area contributed by atoms with Crippen molar-refractivity contribution in [3.8, 4) is 0 Å². The first kappa shape index (κ1) is 47.2. The van der Waals surface area contributed by atoms with Crippen molar-refractivity contribution in [2.75, 3.05) is 126 Å². The summed E-state index contributed by atoms with van der Waals surface area (Å²) in [6, 6.07) is 4.87. The van der Waals surface area contributed by atoms with Crippen molar-refractivity contribution in [1.82, 2.24) is 14.5 Å². The number of amides is 1. The van der Waals surface area contributed by atoms with Gasteiger partial charge >= 0.3 is 0 Å². The minimum Gasteiger partial charge on any atom is -0.382 e. The molecule has 1 N–H and O–H groups in total. The summed E-state index contributed by atoms with van der Waals surface area (Å²) in [7, 11) is -0.313. The number of rotatable bonds is 31. The van der Waals surface area contributed by atoms with E-state index >= 15 is 0 Å². The molecule has 302 valence electrons. The summed E-state index contributed by atoms with van der Waals surface area (Å²) < 4.78 is 65.5. The van der Waals surface area contributed by atoms with Gasteiger partial charge in [0.2, 0.25) is 15.9 Å². The van der Waals surface area contributed by atoms with Gasteiger partial charge in [-0.3, -0.25) is 4.79 Å². The Morgan fingerprint density at radius 1 is 0.868 bits per heavy atom. The number of halogens is 2. The van der Waals surface area contributed by atoms with Crippen LogP contribution in [0.1, 0.15) is 25.3 Å². The number of sulfonamides is 1. The lowest BCUT2D eigenvalue weighted by atomic mass is 10.0. The van der Waals surface area contributed by atoms with Crippen LogP contribution in [0.25, 0.3) is 0 Å². The zero-order valence-corrected chi connectivity index (χ0v) is 33.9. The first-order valence-corrected chi connectivity index (χ1v) is 20.2. The van der Waals surface area contributed by atoms with Gasteiger partial charge in [0.25, 0.3) is 0 Å². The highest BCUT2D eigenvalue weighted by atomic mass is 35.5. The number of benzene rings is 1. The lowest BCUT2D eigenvalue weighted by Gasteiger charge is -2.32. The number of ether oxygens (including phenoxy) is 7.